The van der Waals surface area contributed by atoms with Crippen LogP contribution in [0, 0.1) is 17.6 Å². The van der Waals surface area contributed by atoms with Crippen molar-refractivity contribution in [3.63, 3.8) is 0 Å². The molecule has 0 radical (unpaired) electrons. The predicted octanol–water partition coefficient (Wildman–Crippen LogP) is 2.99. The number of aliphatic carboxylic acids is 1. The zero-order valence-corrected chi connectivity index (χ0v) is 11.8. The Hall–Kier alpha value is -1.69. The second-order valence-electron chi connectivity index (χ2n) is 5.08. The summed E-state index contributed by atoms with van der Waals surface area (Å²) in [5, 5.41) is 10.8. The molecule has 1 aromatic rings. The topological polar surface area (TPSA) is 66.4 Å². The number of hydrogen-bond donors (Lipinski definition) is 2. The number of benzene rings is 1. The van der Waals surface area contributed by atoms with E-state index in [2.05, 4.69) is 5.32 Å². The standard InChI is InChI=1S/C14H14ClF2NO3/c15-11-10(16)6-5-9(12(11)17)13(19)18-8-3-1-7(2-4-8)14(20)21/h5-8H,1-4H2,(H,18,19)(H,20,21). The SMILES string of the molecule is O=C(NC1CCC(C(=O)O)CC1)c1ccc(F)c(Cl)c1F. The van der Waals surface area contributed by atoms with Gasteiger partial charge in [-0.3, -0.25) is 9.59 Å². The van der Waals surface area contributed by atoms with Crippen LogP contribution in [-0.4, -0.2) is 23.0 Å². The van der Waals surface area contributed by atoms with Crippen molar-refractivity contribution in [1.29, 1.82) is 0 Å². The molecule has 1 fully saturated rings. The molecule has 1 aliphatic rings. The number of carboxylic acid groups (broad SMARTS) is 1. The molecule has 2 rings (SSSR count). The molecule has 0 spiro atoms. The van der Waals surface area contributed by atoms with E-state index in [0.29, 0.717) is 25.7 Å². The quantitative estimate of drug-likeness (QED) is 0.842. The van der Waals surface area contributed by atoms with Crippen LogP contribution in [0.5, 0.6) is 0 Å². The number of halogens is 3. The average Bonchev–Trinajstić information content (AvgIpc) is 2.45. The highest BCUT2D eigenvalue weighted by Gasteiger charge is 2.27. The van der Waals surface area contributed by atoms with E-state index in [1.807, 2.05) is 0 Å². The Morgan fingerprint density at radius 3 is 2.38 bits per heavy atom. The van der Waals surface area contributed by atoms with Crippen molar-refractivity contribution >= 4 is 23.5 Å². The summed E-state index contributed by atoms with van der Waals surface area (Å²) >= 11 is 5.43. The zero-order chi connectivity index (χ0) is 15.6. The van der Waals surface area contributed by atoms with Gasteiger partial charge in [-0.2, -0.15) is 0 Å². The zero-order valence-electron chi connectivity index (χ0n) is 11.0. The first-order valence-electron chi connectivity index (χ1n) is 6.57. The Morgan fingerprint density at radius 2 is 1.81 bits per heavy atom. The van der Waals surface area contributed by atoms with Crippen LogP contribution in [0.4, 0.5) is 8.78 Å². The van der Waals surface area contributed by atoms with E-state index in [-0.39, 0.29) is 11.6 Å². The highest BCUT2D eigenvalue weighted by atomic mass is 35.5. The van der Waals surface area contributed by atoms with Crippen LogP contribution in [0.25, 0.3) is 0 Å². The van der Waals surface area contributed by atoms with Gasteiger partial charge >= 0.3 is 5.97 Å². The molecule has 0 atom stereocenters. The summed E-state index contributed by atoms with van der Waals surface area (Å²) in [6, 6.07) is 1.76. The van der Waals surface area contributed by atoms with E-state index in [1.165, 1.54) is 0 Å². The van der Waals surface area contributed by atoms with Gasteiger partial charge in [0.25, 0.3) is 5.91 Å². The fraction of sp³-hybridized carbons (Fsp3) is 0.429. The Kier molecular flexibility index (Phi) is 4.77. The monoisotopic (exact) mass is 317 g/mol. The van der Waals surface area contributed by atoms with Crippen LogP contribution < -0.4 is 5.32 Å². The first kappa shape index (κ1) is 15.7. The highest BCUT2D eigenvalue weighted by molar-refractivity contribution is 6.31. The van der Waals surface area contributed by atoms with Crippen molar-refractivity contribution in [2.75, 3.05) is 0 Å². The molecule has 7 heteroatoms. The largest absolute Gasteiger partial charge is 0.481 e. The molecule has 0 saturated heterocycles. The van der Waals surface area contributed by atoms with E-state index in [9.17, 15) is 18.4 Å². The van der Waals surface area contributed by atoms with E-state index >= 15 is 0 Å². The van der Waals surface area contributed by atoms with Crippen LogP contribution in [0.15, 0.2) is 12.1 Å². The minimum atomic E-state index is -1.09. The lowest BCUT2D eigenvalue weighted by atomic mass is 9.86. The van der Waals surface area contributed by atoms with Crippen molar-refractivity contribution in [2.24, 2.45) is 5.92 Å². The molecule has 2 N–H and O–H groups in total. The summed E-state index contributed by atoms with van der Waals surface area (Å²) in [6.07, 6.45) is 1.96. The fourth-order valence-electron chi connectivity index (χ4n) is 2.45. The van der Waals surface area contributed by atoms with Gasteiger partial charge in [0, 0.05) is 6.04 Å². The number of rotatable bonds is 3. The minimum absolute atomic E-state index is 0.212. The summed E-state index contributed by atoms with van der Waals surface area (Å²) in [4.78, 5) is 22.8. The third-order valence-corrected chi connectivity index (χ3v) is 4.04. The smallest absolute Gasteiger partial charge is 0.306 e. The minimum Gasteiger partial charge on any atom is -0.481 e. The molecule has 1 aromatic carbocycles. The highest BCUT2D eigenvalue weighted by Crippen LogP contribution is 2.26. The second-order valence-corrected chi connectivity index (χ2v) is 5.46. The molecular weight excluding hydrogens is 304 g/mol. The number of carbonyl (C=O) groups excluding carboxylic acids is 1. The van der Waals surface area contributed by atoms with E-state index in [1.54, 1.807) is 0 Å². The van der Waals surface area contributed by atoms with Crippen LogP contribution in [0.1, 0.15) is 36.0 Å². The van der Waals surface area contributed by atoms with Gasteiger partial charge in [-0.05, 0) is 37.8 Å². The third kappa shape index (κ3) is 3.50. The molecule has 1 amide bonds. The molecule has 0 aromatic heterocycles. The Labute approximate surface area is 125 Å². The molecule has 0 bridgehead atoms. The first-order valence-corrected chi connectivity index (χ1v) is 6.95. The van der Waals surface area contributed by atoms with Crippen molar-refractivity contribution in [3.8, 4) is 0 Å². The van der Waals surface area contributed by atoms with Gasteiger partial charge in [0.05, 0.1) is 11.5 Å². The maximum Gasteiger partial charge on any atom is 0.306 e. The number of carboxylic acids is 1. The molecule has 114 valence electrons. The van der Waals surface area contributed by atoms with Gasteiger partial charge in [0.1, 0.15) is 10.8 Å². The van der Waals surface area contributed by atoms with Crippen LogP contribution in [0.2, 0.25) is 5.02 Å². The lowest BCUT2D eigenvalue weighted by Gasteiger charge is -2.26. The lowest BCUT2D eigenvalue weighted by Crippen LogP contribution is -2.39. The Balaban J connectivity index is 2.00. The molecule has 0 unspecified atom stereocenters. The molecule has 1 aliphatic carbocycles. The van der Waals surface area contributed by atoms with Gasteiger partial charge in [-0.25, -0.2) is 8.78 Å². The predicted molar refractivity (Wildman–Crippen MR) is 72.2 cm³/mol. The van der Waals surface area contributed by atoms with Crippen molar-refractivity contribution in [1.82, 2.24) is 5.32 Å². The molecule has 1 saturated carbocycles. The maximum absolute atomic E-state index is 13.7. The summed E-state index contributed by atoms with van der Waals surface area (Å²) in [5.41, 5.74) is -0.318. The van der Waals surface area contributed by atoms with Crippen molar-refractivity contribution < 1.29 is 23.5 Å². The van der Waals surface area contributed by atoms with Gasteiger partial charge in [-0.1, -0.05) is 11.6 Å². The molecule has 0 heterocycles. The van der Waals surface area contributed by atoms with Gasteiger partial charge in [0.2, 0.25) is 0 Å². The van der Waals surface area contributed by atoms with Gasteiger partial charge in [0.15, 0.2) is 5.82 Å². The second kappa shape index (κ2) is 6.39. The van der Waals surface area contributed by atoms with E-state index in [4.69, 9.17) is 16.7 Å². The van der Waals surface area contributed by atoms with Crippen LogP contribution in [-0.2, 0) is 4.79 Å². The van der Waals surface area contributed by atoms with E-state index < -0.39 is 34.5 Å². The molecule has 4 nitrogen and oxygen atoms in total. The molecule has 0 aliphatic heterocycles. The van der Waals surface area contributed by atoms with Crippen LogP contribution in [0.3, 0.4) is 0 Å². The number of carbonyl (C=O) groups is 2. The third-order valence-electron chi connectivity index (χ3n) is 3.69. The lowest BCUT2D eigenvalue weighted by molar-refractivity contribution is -0.142. The summed E-state index contributed by atoms with van der Waals surface area (Å²) in [7, 11) is 0. The molecule has 21 heavy (non-hydrogen) atoms. The normalized spacial score (nSPS) is 21.9. The number of hydrogen-bond acceptors (Lipinski definition) is 2. The average molecular weight is 318 g/mol. The number of amides is 1. The molecular formula is C14H14ClF2NO3. The Morgan fingerprint density at radius 1 is 1.19 bits per heavy atom. The Bertz CT molecular complexity index is 572. The van der Waals surface area contributed by atoms with Gasteiger partial charge < -0.3 is 10.4 Å². The van der Waals surface area contributed by atoms with Crippen molar-refractivity contribution in [2.45, 2.75) is 31.7 Å². The van der Waals surface area contributed by atoms with E-state index in [0.717, 1.165) is 12.1 Å². The summed E-state index contributed by atoms with van der Waals surface area (Å²) in [5.74, 6) is -3.92. The number of nitrogens with one attached hydrogen (secondary N) is 1. The van der Waals surface area contributed by atoms with Crippen molar-refractivity contribution in [3.05, 3.63) is 34.4 Å². The van der Waals surface area contributed by atoms with Crippen LogP contribution >= 0.6 is 11.6 Å². The first-order chi connectivity index (χ1) is 9.90. The van der Waals surface area contributed by atoms with Gasteiger partial charge in [-0.15, -0.1) is 0 Å². The summed E-state index contributed by atoms with van der Waals surface area (Å²) in [6.45, 7) is 0. The fourth-order valence-corrected chi connectivity index (χ4v) is 2.61. The maximum atomic E-state index is 13.7. The summed E-state index contributed by atoms with van der Waals surface area (Å²) < 4.78 is 26.8.